The normalized spacial score (nSPS) is 14.3. The van der Waals surface area contributed by atoms with Gasteiger partial charge in [-0.15, -0.1) is 0 Å². The minimum atomic E-state index is -0.441. The van der Waals surface area contributed by atoms with Crippen molar-refractivity contribution in [2.75, 3.05) is 6.61 Å². The van der Waals surface area contributed by atoms with E-state index in [4.69, 9.17) is 14.5 Å². The number of aliphatic imine (C=N–C) groups is 1. The lowest BCUT2D eigenvalue weighted by atomic mass is 10.1. The first-order chi connectivity index (χ1) is 16.7. The number of nitrogens with zero attached hydrogens (tertiary/aromatic N) is 2. The number of carbonyl (C=O) groups is 1. The van der Waals surface area contributed by atoms with Crippen LogP contribution in [0.1, 0.15) is 18.1 Å². The molecule has 0 saturated heterocycles. The van der Waals surface area contributed by atoms with Gasteiger partial charge in [0.05, 0.1) is 12.1 Å². The number of allylic oxidation sites excluding steroid dienone is 1. The summed E-state index contributed by atoms with van der Waals surface area (Å²) in [4.78, 5) is 22.9. The van der Waals surface area contributed by atoms with Crippen LogP contribution < -0.4 is 4.74 Å². The second-order valence-electron chi connectivity index (χ2n) is 7.62. The fraction of sp³-hybridized carbons (Fsp3) is 0.107. The van der Waals surface area contributed by atoms with Gasteiger partial charge in [-0.25, -0.2) is 14.8 Å². The average molecular weight is 467 g/mol. The third kappa shape index (κ3) is 4.87. The van der Waals surface area contributed by atoms with Crippen molar-refractivity contribution in [3.8, 4) is 5.75 Å². The summed E-state index contributed by atoms with van der Waals surface area (Å²) in [6.45, 7) is 2.56. The maximum Gasteiger partial charge on any atom is 0.363 e. The van der Waals surface area contributed by atoms with Gasteiger partial charge in [-0.1, -0.05) is 48.2 Å². The first-order valence-electron chi connectivity index (χ1n) is 11.1. The number of fused-ring (bicyclic) bond motifs is 1. The second-order valence-corrected chi connectivity index (χ2v) is 8.68. The van der Waals surface area contributed by atoms with Crippen molar-refractivity contribution < 1.29 is 14.3 Å². The maximum absolute atomic E-state index is 12.4. The van der Waals surface area contributed by atoms with Gasteiger partial charge in [0.15, 0.2) is 0 Å². The molecule has 3 aromatic carbocycles. The Bertz CT molecular complexity index is 1400. The highest BCUT2D eigenvalue weighted by Gasteiger charge is 2.24. The fourth-order valence-electron chi connectivity index (χ4n) is 3.63. The molecule has 1 aliphatic rings. The summed E-state index contributed by atoms with van der Waals surface area (Å²) in [6, 6.07) is 27.6. The number of benzene rings is 3. The predicted molar refractivity (Wildman–Crippen MR) is 134 cm³/mol. The Morgan fingerprint density at radius 1 is 0.971 bits per heavy atom. The van der Waals surface area contributed by atoms with Crippen molar-refractivity contribution in [2.24, 2.45) is 4.99 Å². The highest BCUT2D eigenvalue weighted by atomic mass is 32.2. The van der Waals surface area contributed by atoms with Crippen LogP contribution in [0.3, 0.4) is 0 Å². The third-order valence-electron chi connectivity index (χ3n) is 5.25. The van der Waals surface area contributed by atoms with E-state index in [2.05, 4.69) is 23.2 Å². The minimum Gasteiger partial charge on any atom is -0.494 e. The number of pyridine rings is 1. The van der Waals surface area contributed by atoms with Gasteiger partial charge >= 0.3 is 5.97 Å². The van der Waals surface area contributed by atoms with E-state index in [1.807, 2.05) is 79.7 Å². The smallest absolute Gasteiger partial charge is 0.363 e. The quantitative estimate of drug-likeness (QED) is 0.239. The van der Waals surface area contributed by atoms with Gasteiger partial charge in [-0.05, 0) is 73.5 Å². The summed E-state index contributed by atoms with van der Waals surface area (Å²) in [5, 5.41) is 1.87. The van der Waals surface area contributed by atoms with Crippen molar-refractivity contribution in [2.45, 2.75) is 23.3 Å². The number of ether oxygens (including phenoxy) is 2. The van der Waals surface area contributed by atoms with Crippen LogP contribution in [0, 0.1) is 0 Å². The molecule has 6 heteroatoms. The molecule has 5 rings (SSSR count). The monoisotopic (exact) mass is 466 g/mol. The van der Waals surface area contributed by atoms with Crippen molar-refractivity contribution in [3.63, 3.8) is 0 Å². The molecule has 168 valence electrons. The van der Waals surface area contributed by atoms with Gasteiger partial charge in [0.25, 0.3) is 0 Å². The van der Waals surface area contributed by atoms with Crippen molar-refractivity contribution in [3.05, 3.63) is 108 Å². The van der Waals surface area contributed by atoms with Crippen LogP contribution in [-0.4, -0.2) is 23.5 Å². The molecule has 4 aromatic rings. The van der Waals surface area contributed by atoms with E-state index in [1.54, 1.807) is 11.8 Å². The Hall–Kier alpha value is -3.90. The topological polar surface area (TPSA) is 60.8 Å². The molecule has 0 bridgehead atoms. The molecule has 0 radical (unpaired) electrons. The molecular weight excluding hydrogens is 444 g/mol. The molecule has 1 aromatic heterocycles. The predicted octanol–water partition coefficient (Wildman–Crippen LogP) is 6.21. The second kappa shape index (κ2) is 9.93. The molecule has 0 N–H and O–H groups in total. The molecule has 34 heavy (non-hydrogen) atoms. The SMILES string of the molecule is CCOc1ccc2nc(Sc3ccccc3)c(C/C=C3\N=C(c4ccccc4)OC3=O)cc2c1. The lowest BCUT2D eigenvalue weighted by Gasteiger charge is -2.11. The molecule has 0 amide bonds. The summed E-state index contributed by atoms with van der Waals surface area (Å²) >= 11 is 1.60. The molecule has 5 nitrogen and oxygen atoms in total. The first kappa shape index (κ1) is 21.9. The standard InChI is InChI=1S/C28H22N2O3S/c1-2-32-22-14-16-24-21(18-22)17-20(27(30-24)34-23-11-7-4-8-12-23)13-15-25-28(31)33-26(29-25)19-9-5-3-6-10-19/h3-12,14-18H,2,13H2,1H3/b25-15-. The summed E-state index contributed by atoms with van der Waals surface area (Å²) in [6.07, 6.45) is 2.30. The van der Waals surface area contributed by atoms with Crippen LogP contribution >= 0.6 is 11.8 Å². The molecular formula is C28H22N2O3S. The molecule has 0 unspecified atom stereocenters. The maximum atomic E-state index is 12.4. The average Bonchev–Trinajstić information content (AvgIpc) is 3.24. The molecule has 0 fully saturated rings. The molecule has 1 aliphatic heterocycles. The van der Waals surface area contributed by atoms with Crippen LogP contribution in [0.15, 0.2) is 112 Å². The van der Waals surface area contributed by atoms with Crippen LogP contribution in [0.5, 0.6) is 5.75 Å². The largest absolute Gasteiger partial charge is 0.494 e. The van der Waals surface area contributed by atoms with E-state index >= 15 is 0 Å². The number of carbonyl (C=O) groups excluding carboxylic acids is 1. The number of rotatable bonds is 7. The number of hydrogen-bond donors (Lipinski definition) is 0. The van der Waals surface area contributed by atoms with E-state index in [9.17, 15) is 4.79 Å². The molecule has 2 heterocycles. The van der Waals surface area contributed by atoms with Crippen LogP contribution in [0.2, 0.25) is 0 Å². The number of hydrogen-bond acceptors (Lipinski definition) is 6. The highest BCUT2D eigenvalue weighted by molar-refractivity contribution is 7.99. The molecule has 0 atom stereocenters. The Labute approximate surface area is 202 Å². The summed E-state index contributed by atoms with van der Waals surface area (Å²) in [5.74, 6) is 0.693. The molecule has 0 aliphatic carbocycles. The fourth-order valence-corrected chi connectivity index (χ4v) is 4.56. The first-order valence-corrected chi connectivity index (χ1v) is 11.9. The lowest BCUT2D eigenvalue weighted by molar-refractivity contribution is -0.130. The van der Waals surface area contributed by atoms with Crippen molar-refractivity contribution in [1.82, 2.24) is 4.98 Å². The zero-order valence-electron chi connectivity index (χ0n) is 18.6. The van der Waals surface area contributed by atoms with E-state index in [0.29, 0.717) is 24.6 Å². The van der Waals surface area contributed by atoms with Crippen molar-refractivity contribution >= 4 is 34.5 Å². The van der Waals surface area contributed by atoms with E-state index < -0.39 is 5.97 Å². The minimum absolute atomic E-state index is 0.303. The Morgan fingerprint density at radius 3 is 2.50 bits per heavy atom. The highest BCUT2D eigenvalue weighted by Crippen LogP contribution is 2.33. The Morgan fingerprint density at radius 2 is 1.74 bits per heavy atom. The Kier molecular flexibility index (Phi) is 6.40. The van der Waals surface area contributed by atoms with Gasteiger partial charge in [-0.3, -0.25) is 0 Å². The van der Waals surface area contributed by atoms with Crippen LogP contribution in [-0.2, 0) is 16.0 Å². The van der Waals surface area contributed by atoms with Gasteiger partial charge in [0.2, 0.25) is 5.90 Å². The van der Waals surface area contributed by atoms with Gasteiger partial charge in [0.1, 0.15) is 16.5 Å². The summed E-state index contributed by atoms with van der Waals surface area (Å²) in [7, 11) is 0. The van der Waals surface area contributed by atoms with Gasteiger partial charge in [0, 0.05) is 15.8 Å². The zero-order chi connectivity index (χ0) is 23.3. The van der Waals surface area contributed by atoms with Crippen LogP contribution in [0.4, 0.5) is 0 Å². The number of aromatic nitrogens is 1. The van der Waals surface area contributed by atoms with Gasteiger partial charge in [-0.2, -0.15) is 0 Å². The van der Waals surface area contributed by atoms with E-state index in [0.717, 1.165) is 37.7 Å². The number of cyclic esters (lactones) is 1. The summed E-state index contributed by atoms with van der Waals surface area (Å²) in [5.41, 5.74) is 2.97. The Balaban J connectivity index is 1.50. The zero-order valence-corrected chi connectivity index (χ0v) is 19.4. The van der Waals surface area contributed by atoms with E-state index in [-0.39, 0.29) is 0 Å². The van der Waals surface area contributed by atoms with E-state index in [1.165, 1.54) is 0 Å². The van der Waals surface area contributed by atoms with Gasteiger partial charge < -0.3 is 9.47 Å². The molecule has 0 saturated carbocycles. The lowest BCUT2D eigenvalue weighted by Crippen LogP contribution is -2.05. The van der Waals surface area contributed by atoms with Crippen LogP contribution in [0.25, 0.3) is 10.9 Å². The molecule has 0 spiro atoms. The number of esters is 1. The third-order valence-corrected chi connectivity index (χ3v) is 6.31. The summed E-state index contributed by atoms with van der Waals surface area (Å²) < 4.78 is 11.1. The van der Waals surface area contributed by atoms with Crippen molar-refractivity contribution in [1.29, 1.82) is 0 Å².